The van der Waals surface area contributed by atoms with E-state index < -0.39 is 5.91 Å². The molecule has 0 saturated carbocycles. The number of hydrogen-bond acceptors (Lipinski definition) is 3. The van der Waals surface area contributed by atoms with Crippen LogP contribution < -0.4 is 21.1 Å². The molecule has 0 unspecified atom stereocenters. The lowest BCUT2D eigenvalue weighted by molar-refractivity contribution is -0.119. The summed E-state index contributed by atoms with van der Waals surface area (Å²) in [6, 6.07) is 7.50. The van der Waals surface area contributed by atoms with Crippen LogP contribution in [0.15, 0.2) is 29.3 Å². The van der Waals surface area contributed by atoms with E-state index in [2.05, 4.69) is 29.5 Å². The summed E-state index contributed by atoms with van der Waals surface area (Å²) in [5.74, 6) is 1.59. The molecular weight excluding hydrogens is 292 g/mol. The summed E-state index contributed by atoms with van der Waals surface area (Å²) in [5.41, 5.74) is 6.08. The molecule has 0 aromatic heterocycles. The van der Waals surface area contributed by atoms with Crippen LogP contribution in [0.3, 0.4) is 0 Å². The second kappa shape index (κ2) is 10.5. The predicted molar refractivity (Wildman–Crippen MR) is 93.4 cm³/mol. The van der Waals surface area contributed by atoms with Crippen LogP contribution in [-0.4, -0.2) is 31.6 Å². The first-order valence-electron chi connectivity index (χ1n) is 8.03. The lowest BCUT2D eigenvalue weighted by Crippen LogP contribution is -2.38. The number of hydrogen-bond donors (Lipinski definition) is 3. The number of carbonyl (C=O) groups is 1. The fraction of sp³-hybridized carbons (Fsp3) is 0.529. The molecule has 0 radical (unpaired) electrons. The van der Waals surface area contributed by atoms with Crippen LogP contribution in [0, 0.1) is 5.92 Å². The third kappa shape index (κ3) is 8.70. The van der Waals surface area contributed by atoms with Crippen molar-refractivity contribution in [2.75, 3.05) is 19.7 Å². The van der Waals surface area contributed by atoms with Crippen molar-refractivity contribution in [1.29, 1.82) is 0 Å². The van der Waals surface area contributed by atoms with E-state index in [1.165, 1.54) is 0 Å². The molecule has 0 aliphatic heterocycles. The van der Waals surface area contributed by atoms with E-state index in [9.17, 15) is 4.79 Å². The number of primary amides is 1. The maximum absolute atomic E-state index is 10.8. The van der Waals surface area contributed by atoms with Gasteiger partial charge in [0.15, 0.2) is 12.6 Å². The fourth-order valence-electron chi connectivity index (χ4n) is 1.88. The van der Waals surface area contributed by atoms with Gasteiger partial charge in [0.25, 0.3) is 5.91 Å². The second-order valence-electron chi connectivity index (χ2n) is 5.71. The molecule has 0 fully saturated rings. The molecule has 1 amide bonds. The summed E-state index contributed by atoms with van der Waals surface area (Å²) >= 11 is 0. The molecule has 6 heteroatoms. The first-order chi connectivity index (χ1) is 11.0. The van der Waals surface area contributed by atoms with Crippen molar-refractivity contribution < 1.29 is 9.53 Å². The molecule has 0 heterocycles. The molecule has 0 aliphatic carbocycles. The van der Waals surface area contributed by atoms with Crippen molar-refractivity contribution in [2.24, 2.45) is 16.6 Å². The van der Waals surface area contributed by atoms with Gasteiger partial charge in [0.1, 0.15) is 5.75 Å². The molecule has 0 bridgehead atoms. The van der Waals surface area contributed by atoms with Crippen molar-refractivity contribution >= 4 is 11.9 Å². The molecule has 0 saturated heterocycles. The van der Waals surface area contributed by atoms with E-state index >= 15 is 0 Å². The molecule has 1 rings (SSSR count). The van der Waals surface area contributed by atoms with Gasteiger partial charge in [-0.25, -0.2) is 4.99 Å². The van der Waals surface area contributed by atoms with Crippen molar-refractivity contribution in [3.05, 3.63) is 29.8 Å². The van der Waals surface area contributed by atoms with Gasteiger partial charge in [-0.2, -0.15) is 0 Å². The number of carbonyl (C=O) groups excluding carboxylic acids is 1. The zero-order chi connectivity index (χ0) is 17.1. The topological polar surface area (TPSA) is 88.7 Å². The number of benzene rings is 1. The molecule has 6 nitrogen and oxygen atoms in total. The first-order valence-corrected chi connectivity index (χ1v) is 8.03. The van der Waals surface area contributed by atoms with Gasteiger partial charge in [-0.1, -0.05) is 26.0 Å². The molecule has 0 atom stereocenters. The molecule has 4 N–H and O–H groups in total. The van der Waals surface area contributed by atoms with Crippen LogP contribution >= 0.6 is 0 Å². The van der Waals surface area contributed by atoms with E-state index in [1.54, 1.807) is 6.07 Å². The summed E-state index contributed by atoms with van der Waals surface area (Å²) in [7, 11) is 0. The Kier molecular flexibility index (Phi) is 8.57. The van der Waals surface area contributed by atoms with Gasteiger partial charge in [0.2, 0.25) is 0 Å². The van der Waals surface area contributed by atoms with Crippen molar-refractivity contribution in [3.63, 3.8) is 0 Å². The molecule has 0 aliphatic rings. The molecule has 1 aromatic carbocycles. The van der Waals surface area contributed by atoms with E-state index in [1.807, 2.05) is 25.1 Å². The Hall–Kier alpha value is -2.24. The minimum atomic E-state index is -0.489. The number of rotatable bonds is 9. The molecule has 23 heavy (non-hydrogen) atoms. The van der Waals surface area contributed by atoms with Gasteiger partial charge < -0.3 is 21.1 Å². The zero-order valence-corrected chi connectivity index (χ0v) is 14.3. The standard InChI is InChI=1S/C17H28N4O2/c1-4-19-17(20-9-8-13(2)3)21-11-14-6-5-7-15(10-14)23-12-16(18)22/h5-7,10,13H,4,8-9,11-12H2,1-3H3,(H2,18,22)(H2,19,20,21). The SMILES string of the molecule is CCNC(=NCc1cccc(OCC(N)=O)c1)NCCC(C)C. The van der Waals surface area contributed by atoms with Crippen molar-refractivity contribution in [2.45, 2.75) is 33.7 Å². The van der Waals surface area contributed by atoms with Crippen LogP contribution in [0.1, 0.15) is 32.8 Å². The summed E-state index contributed by atoms with van der Waals surface area (Å²) in [5, 5.41) is 6.55. The highest BCUT2D eigenvalue weighted by Crippen LogP contribution is 2.13. The van der Waals surface area contributed by atoms with E-state index in [0.29, 0.717) is 18.2 Å². The highest BCUT2D eigenvalue weighted by Gasteiger charge is 2.01. The number of aliphatic imine (C=N–C) groups is 1. The van der Waals surface area contributed by atoms with E-state index in [-0.39, 0.29) is 6.61 Å². The van der Waals surface area contributed by atoms with Gasteiger partial charge >= 0.3 is 0 Å². The largest absolute Gasteiger partial charge is 0.484 e. The maximum Gasteiger partial charge on any atom is 0.255 e. The number of ether oxygens (including phenoxy) is 1. The predicted octanol–water partition coefficient (Wildman–Crippen LogP) is 1.65. The smallest absolute Gasteiger partial charge is 0.255 e. The van der Waals surface area contributed by atoms with Gasteiger partial charge in [0, 0.05) is 13.1 Å². The minimum absolute atomic E-state index is 0.119. The lowest BCUT2D eigenvalue weighted by atomic mass is 10.1. The van der Waals surface area contributed by atoms with Crippen LogP contribution in [0.4, 0.5) is 0 Å². The lowest BCUT2D eigenvalue weighted by Gasteiger charge is -2.12. The molecule has 0 spiro atoms. The Morgan fingerprint density at radius 2 is 2.13 bits per heavy atom. The number of guanidine groups is 1. The van der Waals surface area contributed by atoms with Crippen molar-refractivity contribution in [3.8, 4) is 5.75 Å². The monoisotopic (exact) mass is 320 g/mol. The normalized spacial score (nSPS) is 11.4. The Morgan fingerprint density at radius 1 is 1.35 bits per heavy atom. The molecule has 1 aromatic rings. The summed E-state index contributed by atoms with van der Waals surface area (Å²) in [4.78, 5) is 15.3. The molecule has 128 valence electrons. The number of amides is 1. The zero-order valence-electron chi connectivity index (χ0n) is 14.3. The van der Waals surface area contributed by atoms with Gasteiger partial charge in [0.05, 0.1) is 6.54 Å². The third-order valence-corrected chi connectivity index (χ3v) is 3.06. The summed E-state index contributed by atoms with van der Waals surface area (Å²) in [6.07, 6.45) is 1.10. The van der Waals surface area contributed by atoms with Crippen LogP contribution in [-0.2, 0) is 11.3 Å². The highest BCUT2D eigenvalue weighted by atomic mass is 16.5. The number of nitrogens with zero attached hydrogens (tertiary/aromatic N) is 1. The fourth-order valence-corrected chi connectivity index (χ4v) is 1.88. The third-order valence-electron chi connectivity index (χ3n) is 3.06. The van der Waals surface area contributed by atoms with E-state index in [4.69, 9.17) is 10.5 Å². The molecular formula is C17H28N4O2. The minimum Gasteiger partial charge on any atom is -0.484 e. The Morgan fingerprint density at radius 3 is 2.78 bits per heavy atom. The maximum atomic E-state index is 10.8. The van der Waals surface area contributed by atoms with Crippen LogP contribution in [0.25, 0.3) is 0 Å². The highest BCUT2D eigenvalue weighted by molar-refractivity contribution is 5.79. The summed E-state index contributed by atoms with van der Waals surface area (Å²) in [6.45, 7) is 8.56. The Balaban J connectivity index is 2.60. The van der Waals surface area contributed by atoms with Crippen LogP contribution in [0.5, 0.6) is 5.75 Å². The second-order valence-corrected chi connectivity index (χ2v) is 5.71. The van der Waals surface area contributed by atoms with E-state index in [0.717, 1.165) is 31.0 Å². The van der Waals surface area contributed by atoms with Gasteiger partial charge in [-0.05, 0) is 37.0 Å². The quantitative estimate of drug-likeness (QED) is 0.477. The van der Waals surface area contributed by atoms with Gasteiger partial charge in [-0.3, -0.25) is 4.79 Å². The summed E-state index contributed by atoms with van der Waals surface area (Å²) < 4.78 is 5.30. The van der Waals surface area contributed by atoms with Crippen LogP contribution in [0.2, 0.25) is 0 Å². The Bertz CT molecular complexity index is 515. The van der Waals surface area contributed by atoms with Gasteiger partial charge in [-0.15, -0.1) is 0 Å². The first kappa shape index (κ1) is 18.8. The average Bonchev–Trinajstić information content (AvgIpc) is 2.50. The van der Waals surface area contributed by atoms with Crippen molar-refractivity contribution in [1.82, 2.24) is 10.6 Å². The average molecular weight is 320 g/mol. The Labute approximate surface area is 138 Å². The number of nitrogens with two attached hydrogens (primary N) is 1. The number of nitrogens with one attached hydrogen (secondary N) is 2.